The third-order valence-electron chi connectivity index (χ3n) is 3.39. The third-order valence-corrected chi connectivity index (χ3v) is 3.39. The van der Waals surface area contributed by atoms with Crippen molar-refractivity contribution in [1.29, 1.82) is 0 Å². The van der Waals surface area contributed by atoms with Crippen molar-refractivity contribution in [1.82, 2.24) is 5.32 Å². The van der Waals surface area contributed by atoms with E-state index < -0.39 is 0 Å². The molecule has 0 aliphatic heterocycles. The van der Waals surface area contributed by atoms with Crippen LogP contribution in [0, 0.1) is 0 Å². The molecule has 4 heteroatoms. The van der Waals surface area contributed by atoms with Crippen LogP contribution in [-0.2, 0) is 0 Å². The Balaban J connectivity index is 3.10. The number of amides is 1. The highest BCUT2D eigenvalue weighted by atomic mass is 16.1. The van der Waals surface area contributed by atoms with Gasteiger partial charge in [-0.15, -0.1) is 0 Å². The summed E-state index contributed by atoms with van der Waals surface area (Å²) in [4.78, 5) is 13.8. The second kappa shape index (κ2) is 6.28. The molecule has 18 heavy (non-hydrogen) atoms. The normalized spacial score (nSPS) is 10.5. The predicted octanol–water partition coefficient (Wildman–Crippen LogP) is 2.25. The van der Waals surface area contributed by atoms with Gasteiger partial charge in [0, 0.05) is 25.7 Å². The van der Waals surface area contributed by atoms with Gasteiger partial charge in [-0.1, -0.05) is 13.8 Å². The average Bonchev–Trinajstić information content (AvgIpc) is 2.39. The lowest BCUT2D eigenvalue weighted by Crippen LogP contribution is -2.31. The van der Waals surface area contributed by atoms with E-state index in [2.05, 4.69) is 24.1 Å². The molecule has 0 radical (unpaired) electrons. The molecule has 0 heterocycles. The van der Waals surface area contributed by atoms with E-state index in [1.165, 1.54) is 0 Å². The Hall–Kier alpha value is -1.71. The molecular formula is C14H23N3O. The number of carbonyl (C=O) groups is 1. The van der Waals surface area contributed by atoms with Crippen LogP contribution in [-0.4, -0.2) is 26.0 Å². The number of hydrogen-bond donors (Lipinski definition) is 2. The second-order valence-corrected chi connectivity index (χ2v) is 4.43. The van der Waals surface area contributed by atoms with E-state index in [4.69, 9.17) is 5.73 Å². The fraction of sp³-hybridized carbons (Fsp3) is 0.500. The van der Waals surface area contributed by atoms with Crippen molar-refractivity contribution in [3.05, 3.63) is 23.8 Å². The van der Waals surface area contributed by atoms with E-state index in [1.54, 1.807) is 19.2 Å². The quantitative estimate of drug-likeness (QED) is 0.787. The van der Waals surface area contributed by atoms with Crippen molar-refractivity contribution in [3.8, 4) is 0 Å². The first-order chi connectivity index (χ1) is 8.54. The van der Waals surface area contributed by atoms with Crippen LogP contribution in [0.5, 0.6) is 0 Å². The van der Waals surface area contributed by atoms with Crippen LogP contribution >= 0.6 is 0 Å². The van der Waals surface area contributed by atoms with Gasteiger partial charge in [0.1, 0.15) is 0 Å². The molecule has 0 saturated carbocycles. The summed E-state index contributed by atoms with van der Waals surface area (Å²) in [6.45, 7) is 4.31. The number of rotatable bonds is 5. The van der Waals surface area contributed by atoms with Gasteiger partial charge in [0.05, 0.1) is 11.4 Å². The summed E-state index contributed by atoms with van der Waals surface area (Å²) >= 11 is 0. The standard InChI is InChI=1S/C14H23N3O/c1-5-11(6-2)17(4)13-9-10(14(18)16-3)7-8-12(13)15/h7-9,11H,5-6,15H2,1-4H3,(H,16,18). The first-order valence-electron chi connectivity index (χ1n) is 6.39. The molecule has 1 rings (SSSR count). The SMILES string of the molecule is CCC(CC)N(C)c1cc(C(=O)NC)ccc1N. The number of anilines is 2. The number of benzene rings is 1. The van der Waals surface area contributed by atoms with Crippen molar-refractivity contribution >= 4 is 17.3 Å². The molecule has 0 aliphatic rings. The van der Waals surface area contributed by atoms with Gasteiger partial charge in [-0.25, -0.2) is 0 Å². The van der Waals surface area contributed by atoms with Crippen molar-refractivity contribution in [2.75, 3.05) is 24.7 Å². The van der Waals surface area contributed by atoms with Gasteiger partial charge in [-0.3, -0.25) is 4.79 Å². The molecule has 100 valence electrons. The van der Waals surface area contributed by atoms with Gasteiger partial charge in [-0.05, 0) is 31.0 Å². The Labute approximate surface area is 109 Å². The summed E-state index contributed by atoms with van der Waals surface area (Å²) in [5.41, 5.74) is 8.27. The lowest BCUT2D eigenvalue weighted by atomic mass is 10.1. The van der Waals surface area contributed by atoms with Crippen molar-refractivity contribution in [3.63, 3.8) is 0 Å². The maximum Gasteiger partial charge on any atom is 0.251 e. The molecule has 0 saturated heterocycles. The number of hydrogen-bond acceptors (Lipinski definition) is 3. The Morgan fingerprint density at radius 2 is 2.00 bits per heavy atom. The van der Waals surface area contributed by atoms with E-state index in [0.717, 1.165) is 18.5 Å². The summed E-state index contributed by atoms with van der Waals surface area (Å²) < 4.78 is 0. The maximum absolute atomic E-state index is 11.6. The molecule has 1 aromatic carbocycles. The number of nitrogen functional groups attached to an aromatic ring is 1. The van der Waals surface area contributed by atoms with Gasteiger partial charge < -0.3 is 16.0 Å². The molecule has 1 aromatic rings. The van der Waals surface area contributed by atoms with Crippen molar-refractivity contribution in [2.24, 2.45) is 0 Å². The number of nitrogens with one attached hydrogen (secondary N) is 1. The Bertz CT molecular complexity index is 414. The van der Waals surface area contributed by atoms with Gasteiger partial charge in [0.2, 0.25) is 0 Å². The zero-order valence-electron chi connectivity index (χ0n) is 11.7. The van der Waals surface area contributed by atoms with E-state index in [-0.39, 0.29) is 5.91 Å². The van der Waals surface area contributed by atoms with E-state index in [9.17, 15) is 4.79 Å². The van der Waals surface area contributed by atoms with Crippen LogP contribution in [0.2, 0.25) is 0 Å². The molecule has 1 amide bonds. The summed E-state index contributed by atoms with van der Waals surface area (Å²) in [6.07, 6.45) is 2.10. The van der Waals surface area contributed by atoms with E-state index in [1.807, 2.05) is 13.1 Å². The zero-order chi connectivity index (χ0) is 13.7. The molecule has 0 bridgehead atoms. The molecule has 0 fully saturated rings. The Morgan fingerprint density at radius 3 is 2.50 bits per heavy atom. The average molecular weight is 249 g/mol. The highest BCUT2D eigenvalue weighted by Gasteiger charge is 2.15. The highest BCUT2D eigenvalue weighted by molar-refractivity contribution is 5.96. The minimum Gasteiger partial charge on any atom is -0.397 e. The molecule has 4 nitrogen and oxygen atoms in total. The zero-order valence-corrected chi connectivity index (χ0v) is 11.7. The molecular weight excluding hydrogens is 226 g/mol. The maximum atomic E-state index is 11.6. The van der Waals surface area contributed by atoms with E-state index in [0.29, 0.717) is 17.3 Å². The smallest absolute Gasteiger partial charge is 0.251 e. The van der Waals surface area contributed by atoms with Crippen LogP contribution in [0.4, 0.5) is 11.4 Å². The highest BCUT2D eigenvalue weighted by Crippen LogP contribution is 2.26. The second-order valence-electron chi connectivity index (χ2n) is 4.43. The van der Waals surface area contributed by atoms with Crippen LogP contribution in [0.15, 0.2) is 18.2 Å². The van der Waals surface area contributed by atoms with Crippen molar-refractivity contribution in [2.45, 2.75) is 32.7 Å². The summed E-state index contributed by atoms with van der Waals surface area (Å²) in [5.74, 6) is -0.0887. The molecule has 3 N–H and O–H groups in total. The molecule has 0 aliphatic carbocycles. The molecule has 0 unspecified atom stereocenters. The van der Waals surface area contributed by atoms with Gasteiger partial charge in [-0.2, -0.15) is 0 Å². The first kappa shape index (κ1) is 14.4. The number of nitrogens with two attached hydrogens (primary N) is 1. The summed E-state index contributed by atoms with van der Waals surface area (Å²) in [7, 11) is 3.65. The van der Waals surface area contributed by atoms with Crippen LogP contribution in [0.1, 0.15) is 37.0 Å². The van der Waals surface area contributed by atoms with Gasteiger partial charge in [0.25, 0.3) is 5.91 Å². The fourth-order valence-electron chi connectivity index (χ4n) is 2.17. The van der Waals surface area contributed by atoms with Crippen LogP contribution in [0.3, 0.4) is 0 Å². The topological polar surface area (TPSA) is 58.4 Å². The Morgan fingerprint density at radius 1 is 1.39 bits per heavy atom. The number of carbonyl (C=O) groups excluding carboxylic acids is 1. The lowest BCUT2D eigenvalue weighted by molar-refractivity contribution is 0.0963. The third kappa shape index (κ3) is 2.94. The molecule has 0 spiro atoms. The van der Waals surface area contributed by atoms with Crippen molar-refractivity contribution < 1.29 is 4.79 Å². The minimum absolute atomic E-state index is 0.0887. The minimum atomic E-state index is -0.0887. The molecule has 0 aromatic heterocycles. The lowest BCUT2D eigenvalue weighted by Gasteiger charge is -2.29. The summed E-state index contributed by atoms with van der Waals surface area (Å²) in [6, 6.07) is 5.83. The fourth-order valence-corrected chi connectivity index (χ4v) is 2.17. The van der Waals surface area contributed by atoms with E-state index >= 15 is 0 Å². The summed E-state index contributed by atoms with van der Waals surface area (Å²) in [5, 5.41) is 2.63. The van der Waals surface area contributed by atoms with Crippen LogP contribution < -0.4 is 16.0 Å². The van der Waals surface area contributed by atoms with Crippen LogP contribution in [0.25, 0.3) is 0 Å². The van der Waals surface area contributed by atoms with Gasteiger partial charge >= 0.3 is 0 Å². The molecule has 0 atom stereocenters. The number of nitrogens with zero attached hydrogens (tertiary/aromatic N) is 1. The predicted molar refractivity (Wildman–Crippen MR) is 77.0 cm³/mol. The monoisotopic (exact) mass is 249 g/mol. The van der Waals surface area contributed by atoms with Gasteiger partial charge in [0.15, 0.2) is 0 Å². The largest absolute Gasteiger partial charge is 0.397 e. The Kier molecular flexibility index (Phi) is 5.01. The first-order valence-corrected chi connectivity index (χ1v) is 6.39.